The molecule has 0 unspecified atom stereocenters. The normalized spacial score (nSPS) is 16.6. The molecule has 1 aliphatic rings. The minimum atomic E-state index is -0.652. The average molecular weight is 235 g/mol. The van der Waals surface area contributed by atoms with E-state index in [-0.39, 0.29) is 5.91 Å². The Labute approximate surface area is 101 Å². The molecule has 0 spiro atoms. The van der Waals surface area contributed by atoms with Gasteiger partial charge in [-0.05, 0) is 18.4 Å². The molecule has 0 aliphatic heterocycles. The van der Waals surface area contributed by atoms with Crippen molar-refractivity contribution in [3.05, 3.63) is 35.9 Å². The topological polar surface area (TPSA) is 38.8 Å². The Hall–Kier alpha value is -1.39. The quantitative estimate of drug-likeness (QED) is 0.730. The summed E-state index contributed by atoms with van der Waals surface area (Å²) >= 11 is 0. The van der Waals surface area contributed by atoms with Gasteiger partial charge >= 0.3 is 0 Å². The van der Waals surface area contributed by atoms with E-state index in [2.05, 4.69) is 0 Å². The van der Waals surface area contributed by atoms with Crippen molar-refractivity contribution in [2.75, 3.05) is 14.2 Å². The number of nitrogens with zero attached hydrogens (tertiary/aromatic N) is 1. The van der Waals surface area contributed by atoms with Crippen LogP contribution in [-0.2, 0) is 21.0 Å². The lowest BCUT2D eigenvalue weighted by Crippen LogP contribution is -2.39. The van der Waals surface area contributed by atoms with E-state index in [1.807, 2.05) is 30.3 Å². The van der Waals surface area contributed by atoms with Crippen molar-refractivity contribution in [1.29, 1.82) is 0 Å². The Balaban J connectivity index is 1.93. The average Bonchev–Trinajstić information content (AvgIpc) is 3.17. The molecule has 4 nitrogen and oxygen atoms in total. The zero-order valence-corrected chi connectivity index (χ0v) is 10.2. The number of likely N-dealkylation sites (N-methyl/N-ethyl adjacent to an activating group) is 1. The molecule has 0 aromatic heterocycles. The Morgan fingerprint density at radius 3 is 2.53 bits per heavy atom. The molecule has 0 atom stereocenters. The number of hydrogen-bond acceptors (Lipinski definition) is 3. The maximum atomic E-state index is 12.0. The second-order valence-corrected chi connectivity index (χ2v) is 4.25. The first-order valence-electron chi connectivity index (χ1n) is 5.68. The van der Waals surface area contributed by atoms with Crippen LogP contribution in [-0.4, -0.2) is 30.7 Å². The van der Waals surface area contributed by atoms with E-state index in [1.54, 1.807) is 7.05 Å². The highest BCUT2D eigenvalue weighted by Crippen LogP contribution is 2.41. The lowest BCUT2D eigenvalue weighted by Gasteiger charge is -2.21. The monoisotopic (exact) mass is 235 g/mol. The van der Waals surface area contributed by atoms with Crippen molar-refractivity contribution < 1.29 is 14.4 Å². The van der Waals surface area contributed by atoms with Gasteiger partial charge in [0.15, 0.2) is 0 Å². The molecular formula is C13H17NO3. The van der Waals surface area contributed by atoms with Crippen LogP contribution in [0.15, 0.2) is 30.3 Å². The molecule has 0 N–H and O–H groups in total. The second-order valence-electron chi connectivity index (χ2n) is 4.25. The van der Waals surface area contributed by atoms with Crippen LogP contribution in [0.1, 0.15) is 18.4 Å². The molecule has 0 heterocycles. The third kappa shape index (κ3) is 2.65. The highest BCUT2D eigenvalue weighted by atomic mass is 16.7. The van der Waals surface area contributed by atoms with Gasteiger partial charge in [-0.25, -0.2) is 5.06 Å². The summed E-state index contributed by atoms with van der Waals surface area (Å²) < 4.78 is 5.74. The Morgan fingerprint density at radius 1 is 1.35 bits per heavy atom. The van der Waals surface area contributed by atoms with Crippen LogP contribution in [0.3, 0.4) is 0 Å². The zero-order valence-electron chi connectivity index (χ0n) is 10.2. The van der Waals surface area contributed by atoms with Crippen molar-refractivity contribution >= 4 is 5.91 Å². The van der Waals surface area contributed by atoms with Gasteiger partial charge in [-0.2, -0.15) is 0 Å². The lowest BCUT2D eigenvalue weighted by molar-refractivity contribution is -0.184. The minimum Gasteiger partial charge on any atom is -0.360 e. The van der Waals surface area contributed by atoms with Crippen LogP contribution in [0.4, 0.5) is 0 Å². The number of carbonyl (C=O) groups is 1. The first-order valence-corrected chi connectivity index (χ1v) is 5.68. The molecule has 1 aliphatic carbocycles. The van der Waals surface area contributed by atoms with E-state index in [4.69, 9.17) is 9.57 Å². The van der Waals surface area contributed by atoms with E-state index < -0.39 is 5.60 Å². The molecule has 17 heavy (non-hydrogen) atoms. The maximum absolute atomic E-state index is 12.0. The van der Waals surface area contributed by atoms with Crippen molar-refractivity contribution in [2.45, 2.75) is 25.0 Å². The van der Waals surface area contributed by atoms with Crippen LogP contribution in [0, 0.1) is 0 Å². The van der Waals surface area contributed by atoms with Gasteiger partial charge in [0.2, 0.25) is 0 Å². The molecule has 1 saturated carbocycles. The predicted octanol–water partition coefficient (Wildman–Crippen LogP) is 1.76. The molecule has 0 radical (unpaired) electrons. The summed E-state index contributed by atoms with van der Waals surface area (Å²) in [5.74, 6) is -0.101. The van der Waals surface area contributed by atoms with Crippen molar-refractivity contribution in [1.82, 2.24) is 5.06 Å². The van der Waals surface area contributed by atoms with E-state index in [1.165, 1.54) is 12.2 Å². The van der Waals surface area contributed by atoms with Crippen LogP contribution < -0.4 is 0 Å². The third-order valence-corrected chi connectivity index (χ3v) is 3.01. The number of rotatable bonds is 5. The van der Waals surface area contributed by atoms with Gasteiger partial charge < -0.3 is 4.74 Å². The summed E-state index contributed by atoms with van der Waals surface area (Å²) in [6.07, 6.45) is 1.54. The van der Waals surface area contributed by atoms with E-state index >= 15 is 0 Å². The first kappa shape index (κ1) is 12.1. The summed E-state index contributed by atoms with van der Waals surface area (Å²) in [6.45, 7) is 0.462. The molecular weight excluding hydrogens is 218 g/mol. The van der Waals surface area contributed by atoms with Crippen LogP contribution in [0.25, 0.3) is 0 Å². The van der Waals surface area contributed by atoms with Gasteiger partial charge in [-0.1, -0.05) is 30.3 Å². The van der Waals surface area contributed by atoms with Gasteiger partial charge in [0.1, 0.15) is 5.60 Å². The summed E-state index contributed by atoms with van der Waals surface area (Å²) in [6, 6.07) is 9.85. The van der Waals surface area contributed by atoms with Gasteiger partial charge in [-0.15, -0.1) is 0 Å². The molecule has 1 fully saturated rings. The summed E-state index contributed by atoms with van der Waals surface area (Å²) in [5.41, 5.74) is 0.423. The Bertz CT molecular complexity index is 387. The molecule has 1 aromatic carbocycles. The number of benzene rings is 1. The second kappa shape index (κ2) is 4.85. The van der Waals surface area contributed by atoms with Crippen molar-refractivity contribution in [2.24, 2.45) is 0 Å². The van der Waals surface area contributed by atoms with Gasteiger partial charge in [0.25, 0.3) is 5.91 Å². The van der Waals surface area contributed by atoms with Gasteiger partial charge in [-0.3, -0.25) is 9.63 Å². The number of hydrogen-bond donors (Lipinski definition) is 0. The molecule has 1 aromatic rings. The third-order valence-electron chi connectivity index (χ3n) is 3.01. The maximum Gasteiger partial charge on any atom is 0.278 e. The predicted molar refractivity (Wildman–Crippen MR) is 63.0 cm³/mol. The molecule has 2 rings (SSSR count). The van der Waals surface area contributed by atoms with Crippen LogP contribution in [0.5, 0.6) is 0 Å². The molecule has 92 valence electrons. The Morgan fingerprint density at radius 2 is 2.00 bits per heavy atom. The Kier molecular flexibility index (Phi) is 3.45. The van der Waals surface area contributed by atoms with E-state index in [0.717, 1.165) is 18.4 Å². The van der Waals surface area contributed by atoms with Crippen LogP contribution in [0.2, 0.25) is 0 Å². The number of carbonyl (C=O) groups excluding carboxylic acids is 1. The van der Waals surface area contributed by atoms with Crippen molar-refractivity contribution in [3.63, 3.8) is 0 Å². The lowest BCUT2D eigenvalue weighted by atomic mass is 10.2. The van der Waals surface area contributed by atoms with Gasteiger partial charge in [0.05, 0.1) is 13.7 Å². The zero-order chi connectivity index (χ0) is 12.3. The molecule has 0 saturated heterocycles. The first-order chi connectivity index (χ1) is 8.18. The largest absolute Gasteiger partial charge is 0.360 e. The SMILES string of the molecule is CON(C)C(=O)C1(OCc2ccccc2)CC1. The van der Waals surface area contributed by atoms with E-state index in [0.29, 0.717) is 6.61 Å². The number of ether oxygens (including phenoxy) is 1. The fourth-order valence-corrected chi connectivity index (χ4v) is 1.70. The molecule has 0 bridgehead atoms. The number of hydroxylamine groups is 2. The molecule has 4 heteroatoms. The minimum absolute atomic E-state index is 0.101. The fourth-order valence-electron chi connectivity index (χ4n) is 1.70. The highest BCUT2D eigenvalue weighted by Gasteiger charge is 2.53. The van der Waals surface area contributed by atoms with Gasteiger partial charge in [0, 0.05) is 7.05 Å². The van der Waals surface area contributed by atoms with Crippen molar-refractivity contribution in [3.8, 4) is 0 Å². The van der Waals surface area contributed by atoms with Crippen LogP contribution >= 0.6 is 0 Å². The number of amides is 1. The summed E-state index contributed by atoms with van der Waals surface area (Å²) in [7, 11) is 3.08. The summed E-state index contributed by atoms with van der Waals surface area (Å²) in [4.78, 5) is 16.8. The molecule has 1 amide bonds. The fraction of sp³-hybridized carbons (Fsp3) is 0.462. The highest BCUT2D eigenvalue weighted by molar-refractivity contribution is 5.87. The van der Waals surface area contributed by atoms with E-state index in [9.17, 15) is 4.79 Å². The smallest absolute Gasteiger partial charge is 0.278 e. The standard InChI is InChI=1S/C13H17NO3/c1-14(16-2)12(15)13(8-9-13)17-10-11-6-4-3-5-7-11/h3-7H,8-10H2,1-2H3. The summed E-state index contributed by atoms with van der Waals surface area (Å²) in [5, 5.41) is 1.23.